The molecule has 1 aliphatic rings. The van der Waals surface area contributed by atoms with Crippen LogP contribution in [0.2, 0.25) is 0 Å². The molecule has 0 saturated heterocycles. The second-order valence-corrected chi connectivity index (χ2v) is 13.2. The third kappa shape index (κ3) is 10.00. The van der Waals surface area contributed by atoms with E-state index in [1.165, 1.54) is 16.0 Å². The van der Waals surface area contributed by atoms with Gasteiger partial charge in [0.05, 0.1) is 26.7 Å². The van der Waals surface area contributed by atoms with E-state index in [0.29, 0.717) is 18.8 Å². The van der Waals surface area contributed by atoms with Crippen LogP contribution in [0.3, 0.4) is 0 Å². The van der Waals surface area contributed by atoms with Crippen LogP contribution in [0, 0.1) is 5.92 Å². The minimum Gasteiger partial charge on any atom is -0.497 e. The van der Waals surface area contributed by atoms with Crippen LogP contribution in [-0.4, -0.2) is 44.6 Å². The largest absolute Gasteiger partial charge is 0.497 e. The third-order valence-corrected chi connectivity index (χ3v) is 10.4. The van der Waals surface area contributed by atoms with Crippen LogP contribution in [0.4, 0.5) is 22.0 Å². The smallest absolute Gasteiger partial charge is 0.453 e. The van der Waals surface area contributed by atoms with Crippen molar-refractivity contribution < 1.29 is 41.0 Å². The molecule has 0 aromatic heterocycles. The van der Waals surface area contributed by atoms with E-state index in [0.717, 1.165) is 55.8 Å². The zero-order chi connectivity index (χ0) is 33.1. The number of methoxy groups -OCH3 is 2. The molecular weight excluding hydrogens is 611 g/mol. The van der Waals surface area contributed by atoms with Crippen LogP contribution in [0.1, 0.15) is 102 Å². The Morgan fingerprint density at radius 1 is 0.889 bits per heavy atom. The van der Waals surface area contributed by atoms with Crippen LogP contribution in [-0.2, 0) is 14.9 Å². The van der Waals surface area contributed by atoms with Gasteiger partial charge in [0.25, 0.3) is 0 Å². The van der Waals surface area contributed by atoms with E-state index in [2.05, 4.69) is 31.2 Å². The first-order valence-electron chi connectivity index (χ1n) is 15.9. The topological polar surface area (TPSA) is 44.8 Å². The second-order valence-electron chi connectivity index (χ2n) is 12.1. The van der Waals surface area contributed by atoms with Crippen molar-refractivity contribution in [1.82, 2.24) is 0 Å². The summed E-state index contributed by atoms with van der Waals surface area (Å²) in [4.78, 5) is 13.6. The Bertz CT molecular complexity index is 1200. The Balaban J connectivity index is 1.51. The molecule has 3 atom stereocenters. The van der Waals surface area contributed by atoms with E-state index in [-0.39, 0.29) is 24.9 Å². The molecule has 4 nitrogen and oxygen atoms in total. The number of benzene rings is 2. The molecule has 0 saturated carbocycles. The van der Waals surface area contributed by atoms with Gasteiger partial charge in [0.15, 0.2) is 0 Å². The van der Waals surface area contributed by atoms with Gasteiger partial charge in [-0.25, -0.2) is 0 Å². The summed E-state index contributed by atoms with van der Waals surface area (Å²) in [6.07, 6.45) is -0.186. The predicted molar refractivity (Wildman–Crippen MR) is 169 cm³/mol. The zero-order valence-corrected chi connectivity index (χ0v) is 27.6. The van der Waals surface area contributed by atoms with E-state index < -0.39 is 30.4 Å². The molecule has 0 aliphatic carbocycles. The number of ether oxygens (including phenoxy) is 3. The summed E-state index contributed by atoms with van der Waals surface area (Å²) in [6.45, 7) is 4.14. The lowest BCUT2D eigenvalue weighted by Gasteiger charge is -2.43. The van der Waals surface area contributed by atoms with Crippen LogP contribution in [0.25, 0.3) is 0 Å². The minimum atomic E-state index is -5.58. The first-order valence-corrected chi connectivity index (χ1v) is 16.9. The molecular formula is C35H47F5O4S. The summed E-state index contributed by atoms with van der Waals surface area (Å²) in [7, 11) is 3.36. The fourth-order valence-corrected chi connectivity index (χ4v) is 7.65. The highest BCUT2D eigenvalue weighted by Gasteiger charge is 2.56. The van der Waals surface area contributed by atoms with Gasteiger partial charge in [-0.3, -0.25) is 4.79 Å². The van der Waals surface area contributed by atoms with Crippen LogP contribution in [0.15, 0.2) is 47.4 Å². The van der Waals surface area contributed by atoms with Crippen molar-refractivity contribution in [2.75, 3.05) is 26.6 Å². The number of hydrogen-bond donors (Lipinski definition) is 0. The van der Waals surface area contributed by atoms with Crippen LogP contribution in [0.5, 0.6) is 11.5 Å². The molecule has 0 radical (unpaired) electrons. The quantitative estimate of drug-likeness (QED) is 0.0906. The zero-order valence-electron chi connectivity index (χ0n) is 26.8. The molecule has 1 heterocycles. The molecule has 0 amide bonds. The average Bonchev–Trinajstić information content (AvgIpc) is 3.01. The summed E-state index contributed by atoms with van der Waals surface area (Å²) in [5, 5.41) is 0. The highest BCUT2D eigenvalue weighted by Crippen LogP contribution is 2.52. The number of rotatable bonds is 18. The molecule has 45 heavy (non-hydrogen) atoms. The number of thioether (sulfide) groups is 1. The molecule has 0 fully saturated rings. The third-order valence-electron chi connectivity index (χ3n) is 9.02. The lowest BCUT2D eigenvalue weighted by atomic mass is 9.68. The van der Waals surface area contributed by atoms with E-state index in [9.17, 15) is 26.7 Å². The number of esters is 1. The maximum atomic E-state index is 13.3. The lowest BCUT2D eigenvalue weighted by molar-refractivity contribution is -0.284. The summed E-state index contributed by atoms with van der Waals surface area (Å²) >= 11 is 1.87. The Kier molecular flexibility index (Phi) is 13.9. The maximum Gasteiger partial charge on any atom is 0.453 e. The number of carbonyl (C=O) groups excluding carboxylic acids is 1. The van der Waals surface area contributed by atoms with Crippen molar-refractivity contribution in [2.45, 2.75) is 113 Å². The Morgan fingerprint density at radius 2 is 1.49 bits per heavy atom. The van der Waals surface area contributed by atoms with Gasteiger partial charge >= 0.3 is 18.1 Å². The number of alkyl halides is 5. The molecule has 1 unspecified atom stereocenters. The van der Waals surface area contributed by atoms with E-state index in [1.54, 1.807) is 21.1 Å². The maximum absolute atomic E-state index is 13.3. The monoisotopic (exact) mass is 658 g/mol. The van der Waals surface area contributed by atoms with Gasteiger partial charge in [0, 0.05) is 22.5 Å². The number of fused-ring (bicyclic) bond motifs is 1. The highest BCUT2D eigenvalue weighted by molar-refractivity contribution is 7.99. The molecule has 2 aromatic carbocycles. The summed E-state index contributed by atoms with van der Waals surface area (Å²) in [5.41, 5.74) is 2.59. The fourth-order valence-electron chi connectivity index (χ4n) is 6.26. The van der Waals surface area contributed by atoms with Gasteiger partial charge in [-0.15, -0.1) is 11.8 Å². The van der Waals surface area contributed by atoms with E-state index >= 15 is 0 Å². The van der Waals surface area contributed by atoms with E-state index in [4.69, 9.17) is 14.2 Å². The molecule has 10 heteroatoms. The van der Waals surface area contributed by atoms with Gasteiger partial charge in [-0.05, 0) is 73.9 Å². The van der Waals surface area contributed by atoms with Gasteiger partial charge in [0.2, 0.25) is 0 Å². The summed E-state index contributed by atoms with van der Waals surface area (Å²) in [5.74, 6) is -2.93. The van der Waals surface area contributed by atoms with Crippen molar-refractivity contribution in [2.24, 2.45) is 5.92 Å². The SMILES string of the molecule is CCOC(=O)C(CCCCCCCC[C@H]1c2ccc(OC)cc2SC[C@@]1(C)c1ccc(OC)cc1)CCCC(F)(F)C(F)(F)F. The fraction of sp³-hybridized carbons (Fsp3) is 0.629. The van der Waals surface area contributed by atoms with Crippen molar-refractivity contribution in [3.63, 3.8) is 0 Å². The Labute approximate surface area is 268 Å². The normalized spacial score (nSPS) is 19.1. The number of unbranched alkanes of at least 4 members (excludes halogenated alkanes) is 5. The predicted octanol–water partition coefficient (Wildman–Crippen LogP) is 10.5. The van der Waals surface area contributed by atoms with Crippen molar-refractivity contribution in [3.8, 4) is 11.5 Å². The number of hydrogen-bond acceptors (Lipinski definition) is 5. The molecule has 1 aliphatic heterocycles. The molecule has 0 N–H and O–H groups in total. The van der Waals surface area contributed by atoms with Gasteiger partial charge in [-0.2, -0.15) is 22.0 Å². The standard InChI is InChI=1S/C35H47F5O4S/c1-5-44-32(41)25(14-12-22-34(36,37)35(38,39)40)13-10-8-6-7-9-11-15-30-29-21-20-28(43-4)23-31(29)45-24-33(30,2)26-16-18-27(42-3)19-17-26/h16-21,23,25,30H,5-15,22,24H2,1-4H3/t25?,30-,33-/m0/s1. The van der Waals surface area contributed by atoms with Crippen LogP contribution < -0.4 is 9.47 Å². The highest BCUT2D eigenvalue weighted by atomic mass is 32.2. The molecule has 0 bridgehead atoms. The molecule has 3 rings (SSSR count). The summed E-state index contributed by atoms with van der Waals surface area (Å²) in [6, 6.07) is 14.8. The van der Waals surface area contributed by atoms with Crippen LogP contribution >= 0.6 is 11.8 Å². The van der Waals surface area contributed by atoms with Crippen molar-refractivity contribution in [3.05, 3.63) is 53.6 Å². The minimum absolute atomic E-state index is 0.0372. The van der Waals surface area contributed by atoms with Crippen molar-refractivity contribution in [1.29, 1.82) is 0 Å². The Morgan fingerprint density at radius 3 is 2.11 bits per heavy atom. The molecule has 252 valence electrons. The van der Waals surface area contributed by atoms with Gasteiger partial charge < -0.3 is 14.2 Å². The first kappa shape index (κ1) is 37.0. The van der Waals surface area contributed by atoms with Crippen molar-refractivity contribution >= 4 is 17.7 Å². The second kappa shape index (κ2) is 16.9. The average molecular weight is 659 g/mol. The number of halogens is 5. The first-order chi connectivity index (χ1) is 21.4. The van der Waals surface area contributed by atoms with E-state index in [1.807, 2.05) is 30.0 Å². The Hall–Kier alpha value is -2.49. The lowest BCUT2D eigenvalue weighted by Crippen LogP contribution is -2.36. The van der Waals surface area contributed by atoms with Gasteiger partial charge in [0.1, 0.15) is 11.5 Å². The summed E-state index contributed by atoms with van der Waals surface area (Å²) < 4.78 is 80.1. The molecule has 0 spiro atoms. The molecule has 2 aromatic rings. The number of carbonyl (C=O) groups is 1. The van der Waals surface area contributed by atoms with Gasteiger partial charge in [-0.1, -0.05) is 63.6 Å².